The lowest BCUT2D eigenvalue weighted by Crippen LogP contribution is -2.50. The summed E-state index contributed by atoms with van der Waals surface area (Å²) in [7, 11) is 0. The zero-order valence-corrected chi connectivity index (χ0v) is 10.6. The number of hydrogen-bond acceptors (Lipinski definition) is 3. The molecule has 19 heavy (non-hydrogen) atoms. The van der Waals surface area contributed by atoms with E-state index in [0.717, 1.165) is 0 Å². The SMILES string of the molecule is O=C1CCC(NC(=O)C2CC=CCC2C(=O)O)CN1. The Kier molecular flexibility index (Phi) is 4.19. The molecular weight excluding hydrogens is 248 g/mol. The molecule has 2 rings (SSSR count). The molecule has 0 spiro atoms. The highest BCUT2D eigenvalue weighted by Gasteiger charge is 2.35. The fraction of sp³-hybridized carbons (Fsp3) is 0.615. The molecule has 0 radical (unpaired) electrons. The molecule has 6 heteroatoms. The number of carbonyl (C=O) groups excluding carboxylic acids is 2. The molecule has 6 nitrogen and oxygen atoms in total. The molecule has 104 valence electrons. The fourth-order valence-corrected chi connectivity index (χ4v) is 2.54. The van der Waals surface area contributed by atoms with E-state index in [-0.39, 0.29) is 17.9 Å². The Labute approximate surface area is 111 Å². The summed E-state index contributed by atoms with van der Waals surface area (Å²) < 4.78 is 0. The third kappa shape index (κ3) is 3.33. The molecule has 1 heterocycles. The van der Waals surface area contributed by atoms with Crippen LogP contribution in [0, 0.1) is 11.8 Å². The average molecular weight is 266 g/mol. The van der Waals surface area contributed by atoms with Crippen LogP contribution >= 0.6 is 0 Å². The normalized spacial score (nSPS) is 30.5. The van der Waals surface area contributed by atoms with Gasteiger partial charge in [0.2, 0.25) is 11.8 Å². The molecule has 0 bridgehead atoms. The molecule has 0 aromatic heterocycles. The first-order chi connectivity index (χ1) is 9.08. The van der Waals surface area contributed by atoms with Crippen LogP contribution in [0.15, 0.2) is 12.2 Å². The van der Waals surface area contributed by atoms with Gasteiger partial charge in [-0.1, -0.05) is 12.2 Å². The molecule has 3 atom stereocenters. The van der Waals surface area contributed by atoms with Gasteiger partial charge in [0.05, 0.1) is 11.8 Å². The molecule has 0 saturated carbocycles. The third-order valence-electron chi connectivity index (χ3n) is 3.70. The minimum atomic E-state index is -0.929. The second kappa shape index (κ2) is 5.86. The van der Waals surface area contributed by atoms with Gasteiger partial charge in [-0.05, 0) is 19.3 Å². The summed E-state index contributed by atoms with van der Waals surface area (Å²) in [5.41, 5.74) is 0. The highest BCUT2D eigenvalue weighted by molar-refractivity contribution is 5.85. The predicted molar refractivity (Wildman–Crippen MR) is 67.2 cm³/mol. The van der Waals surface area contributed by atoms with Crippen LogP contribution in [0.5, 0.6) is 0 Å². The van der Waals surface area contributed by atoms with Gasteiger partial charge in [0.25, 0.3) is 0 Å². The average Bonchev–Trinajstić information content (AvgIpc) is 2.41. The lowest BCUT2D eigenvalue weighted by Gasteiger charge is -2.28. The first kappa shape index (κ1) is 13.6. The Balaban J connectivity index is 1.93. The Morgan fingerprint density at radius 3 is 2.53 bits per heavy atom. The largest absolute Gasteiger partial charge is 0.481 e. The van der Waals surface area contributed by atoms with Crippen molar-refractivity contribution >= 4 is 17.8 Å². The molecule has 1 fully saturated rings. The van der Waals surface area contributed by atoms with E-state index in [2.05, 4.69) is 10.6 Å². The second-order valence-corrected chi connectivity index (χ2v) is 5.04. The van der Waals surface area contributed by atoms with Crippen molar-refractivity contribution in [1.82, 2.24) is 10.6 Å². The van der Waals surface area contributed by atoms with Crippen LogP contribution < -0.4 is 10.6 Å². The Morgan fingerprint density at radius 2 is 1.95 bits per heavy atom. The molecule has 3 unspecified atom stereocenters. The molecule has 1 aliphatic heterocycles. The zero-order valence-electron chi connectivity index (χ0n) is 10.6. The molecule has 2 amide bonds. The Morgan fingerprint density at radius 1 is 1.26 bits per heavy atom. The van der Waals surface area contributed by atoms with E-state index in [1.165, 1.54) is 0 Å². The summed E-state index contributed by atoms with van der Waals surface area (Å²) >= 11 is 0. The van der Waals surface area contributed by atoms with Gasteiger partial charge < -0.3 is 15.7 Å². The van der Waals surface area contributed by atoms with Gasteiger partial charge in [-0.25, -0.2) is 0 Å². The van der Waals surface area contributed by atoms with Crippen LogP contribution in [-0.4, -0.2) is 35.5 Å². The zero-order chi connectivity index (χ0) is 13.8. The summed E-state index contributed by atoms with van der Waals surface area (Å²) in [5, 5.41) is 14.7. The number of rotatable bonds is 3. The number of carboxylic acid groups (broad SMARTS) is 1. The number of aliphatic carboxylic acids is 1. The highest BCUT2D eigenvalue weighted by atomic mass is 16.4. The van der Waals surface area contributed by atoms with Crippen molar-refractivity contribution in [3.63, 3.8) is 0 Å². The van der Waals surface area contributed by atoms with Crippen molar-refractivity contribution in [2.24, 2.45) is 11.8 Å². The first-order valence-electron chi connectivity index (χ1n) is 6.53. The van der Waals surface area contributed by atoms with E-state index in [1.54, 1.807) is 0 Å². The molecule has 3 N–H and O–H groups in total. The summed E-state index contributed by atoms with van der Waals surface area (Å²) in [6.45, 7) is 0.421. The number of carboxylic acids is 1. The quantitative estimate of drug-likeness (QED) is 0.629. The third-order valence-corrected chi connectivity index (χ3v) is 3.70. The van der Waals surface area contributed by atoms with E-state index >= 15 is 0 Å². The summed E-state index contributed by atoms with van der Waals surface area (Å²) in [4.78, 5) is 34.3. The smallest absolute Gasteiger partial charge is 0.307 e. The molecule has 1 saturated heterocycles. The fourth-order valence-electron chi connectivity index (χ4n) is 2.54. The lowest BCUT2D eigenvalue weighted by molar-refractivity contribution is -0.147. The maximum absolute atomic E-state index is 12.1. The van der Waals surface area contributed by atoms with Crippen LogP contribution in [0.3, 0.4) is 0 Å². The maximum Gasteiger partial charge on any atom is 0.307 e. The van der Waals surface area contributed by atoms with Crippen LogP contribution in [0.2, 0.25) is 0 Å². The monoisotopic (exact) mass is 266 g/mol. The first-order valence-corrected chi connectivity index (χ1v) is 6.53. The van der Waals surface area contributed by atoms with E-state index in [0.29, 0.717) is 32.2 Å². The Bertz CT molecular complexity index is 409. The minimum absolute atomic E-state index is 0.00508. The molecule has 2 aliphatic rings. The lowest BCUT2D eigenvalue weighted by atomic mass is 9.82. The predicted octanol–water partition coefficient (Wildman–Crippen LogP) is 0.0482. The Hall–Kier alpha value is -1.85. The van der Waals surface area contributed by atoms with Gasteiger partial charge in [0.1, 0.15) is 0 Å². The number of nitrogens with one attached hydrogen (secondary N) is 2. The minimum Gasteiger partial charge on any atom is -0.481 e. The van der Waals surface area contributed by atoms with Crippen molar-refractivity contribution in [3.05, 3.63) is 12.2 Å². The summed E-state index contributed by atoms with van der Waals surface area (Å²) in [6, 6.07) is -0.0921. The van der Waals surface area contributed by atoms with Crippen molar-refractivity contribution in [3.8, 4) is 0 Å². The van der Waals surface area contributed by atoms with E-state index in [1.807, 2.05) is 12.2 Å². The number of amides is 2. The molecular formula is C13H18N2O4. The van der Waals surface area contributed by atoms with Gasteiger partial charge in [-0.3, -0.25) is 14.4 Å². The molecule has 1 aliphatic carbocycles. The number of piperidine rings is 1. The van der Waals surface area contributed by atoms with Gasteiger partial charge in [-0.15, -0.1) is 0 Å². The van der Waals surface area contributed by atoms with Crippen molar-refractivity contribution in [2.75, 3.05) is 6.54 Å². The van der Waals surface area contributed by atoms with Crippen LogP contribution in [0.1, 0.15) is 25.7 Å². The molecule has 0 aromatic rings. The summed E-state index contributed by atoms with van der Waals surface area (Å²) in [5.74, 6) is -2.32. The van der Waals surface area contributed by atoms with Crippen molar-refractivity contribution in [2.45, 2.75) is 31.7 Å². The van der Waals surface area contributed by atoms with Crippen LogP contribution in [0.4, 0.5) is 0 Å². The van der Waals surface area contributed by atoms with E-state index in [9.17, 15) is 14.4 Å². The highest BCUT2D eigenvalue weighted by Crippen LogP contribution is 2.26. The van der Waals surface area contributed by atoms with Gasteiger partial charge in [0, 0.05) is 19.0 Å². The van der Waals surface area contributed by atoms with Crippen molar-refractivity contribution < 1.29 is 19.5 Å². The maximum atomic E-state index is 12.1. The van der Waals surface area contributed by atoms with Crippen LogP contribution in [-0.2, 0) is 14.4 Å². The van der Waals surface area contributed by atoms with E-state index < -0.39 is 17.8 Å². The van der Waals surface area contributed by atoms with Gasteiger partial charge in [-0.2, -0.15) is 0 Å². The van der Waals surface area contributed by atoms with Crippen molar-refractivity contribution in [1.29, 1.82) is 0 Å². The number of hydrogen-bond donors (Lipinski definition) is 3. The second-order valence-electron chi connectivity index (χ2n) is 5.04. The topological polar surface area (TPSA) is 95.5 Å². The standard InChI is InChI=1S/C13H18N2O4/c16-11-6-5-8(7-14-11)15-12(17)9-3-1-2-4-10(9)13(18)19/h1-2,8-10H,3-7H2,(H,14,16)(H,15,17)(H,18,19). The number of carbonyl (C=O) groups is 3. The summed E-state index contributed by atoms with van der Waals surface area (Å²) in [6.07, 6.45) is 5.53. The van der Waals surface area contributed by atoms with Gasteiger partial charge >= 0.3 is 5.97 Å². The number of allylic oxidation sites excluding steroid dienone is 2. The van der Waals surface area contributed by atoms with Gasteiger partial charge in [0.15, 0.2) is 0 Å². The van der Waals surface area contributed by atoms with Crippen LogP contribution in [0.25, 0.3) is 0 Å². The van der Waals surface area contributed by atoms with E-state index in [4.69, 9.17) is 5.11 Å². The molecule has 0 aromatic carbocycles.